The number of hydrogen-bond acceptors (Lipinski definition) is 5. The quantitative estimate of drug-likeness (QED) is 0.449. The highest BCUT2D eigenvalue weighted by atomic mass is 79.9. The largest absolute Gasteiger partial charge is 0.339 e. The van der Waals surface area contributed by atoms with Gasteiger partial charge in [-0.2, -0.15) is 4.98 Å². The Morgan fingerprint density at radius 2 is 1.83 bits per heavy atom. The van der Waals surface area contributed by atoms with Crippen LogP contribution in [0.4, 0.5) is 5.69 Å². The van der Waals surface area contributed by atoms with Gasteiger partial charge in [-0.1, -0.05) is 45.4 Å². The van der Waals surface area contributed by atoms with Crippen LogP contribution in [0.5, 0.6) is 0 Å². The summed E-state index contributed by atoms with van der Waals surface area (Å²) in [7, 11) is 0. The normalized spacial score (nSPS) is 10.7. The van der Waals surface area contributed by atoms with Crippen LogP contribution < -0.4 is 5.32 Å². The Morgan fingerprint density at radius 3 is 2.55 bits per heavy atom. The highest BCUT2D eigenvalue weighted by Gasteiger charge is 2.16. The van der Waals surface area contributed by atoms with Crippen LogP contribution in [0.25, 0.3) is 22.6 Å². The number of nitrogens with one attached hydrogen (secondary N) is 1. The molecule has 2 heterocycles. The smallest absolute Gasteiger partial charge is 0.257 e. The molecule has 0 unspecified atom stereocenters. The molecule has 0 spiro atoms. The minimum absolute atomic E-state index is 0.247. The third-order valence-corrected chi connectivity index (χ3v) is 4.89. The first kappa shape index (κ1) is 19.0. The molecule has 4 aromatic rings. The molecule has 0 bridgehead atoms. The van der Waals surface area contributed by atoms with E-state index >= 15 is 0 Å². The highest BCUT2D eigenvalue weighted by Crippen LogP contribution is 2.27. The van der Waals surface area contributed by atoms with Crippen LogP contribution in [-0.2, 0) is 0 Å². The number of carbonyl (C=O) groups is 1. The van der Waals surface area contributed by atoms with E-state index in [1.165, 1.54) is 0 Å². The molecule has 1 N–H and O–H groups in total. The minimum Gasteiger partial charge on any atom is -0.339 e. The summed E-state index contributed by atoms with van der Waals surface area (Å²) in [6.45, 7) is 3.55. The molecule has 0 aliphatic heterocycles. The SMILES string of the molecule is Cc1nc(-c2ccccc2NC(=O)c2ccc(-c3cccc(Br)c3)nc2C)no1. The lowest BCUT2D eigenvalue weighted by molar-refractivity contribution is 0.102. The summed E-state index contributed by atoms with van der Waals surface area (Å²) in [5.74, 6) is 0.644. The van der Waals surface area contributed by atoms with Gasteiger partial charge in [0.05, 0.1) is 22.6 Å². The number of carbonyl (C=O) groups excluding carboxylic acids is 1. The molecule has 144 valence electrons. The average molecular weight is 449 g/mol. The molecule has 0 saturated heterocycles. The van der Waals surface area contributed by atoms with Gasteiger partial charge in [0.15, 0.2) is 0 Å². The lowest BCUT2D eigenvalue weighted by Crippen LogP contribution is -2.15. The third-order valence-electron chi connectivity index (χ3n) is 4.39. The van der Waals surface area contributed by atoms with Crippen molar-refractivity contribution in [3.05, 3.63) is 82.3 Å². The Kier molecular flexibility index (Phi) is 5.22. The number of halogens is 1. The van der Waals surface area contributed by atoms with Crippen LogP contribution in [0.15, 0.2) is 69.7 Å². The summed E-state index contributed by atoms with van der Waals surface area (Å²) >= 11 is 3.47. The van der Waals surface area contributed by atoms with Crippen LogP contribution >= 0.6 is 15.9 Å². The second-order valence-electron chi connectivity index (χ2n) is 6.48. The minimum atomic E-state index is -0.247. The molecule has 1 amide bonds. The number of anilines is 1. The maximum absolute atomic E-state index is 12.9. The van der Waals surface area contributed by atoms with E-state index in [9.17, 15) is 4.79 Å². The predicted molar refractivity (Wildman–Crippen MR) is 115 cm³/mol. The Morgan fingerprint density at radius 1 is 1.00 bits per heavy atom. The third kappa shape index (κ3) is 4.09. The number of aryl methyl sites for hydroxylation is 2. The van der Waals surface area contributed by atoms with Crippen molar-refractivity contribution >= 4 is 27.5 Å². The van der Waals surface area contributed by atoms with Crippen LogP contribution in [0.2, 0.25) is 0 Å². The van der Waals surface area contributed by atoms with E-state index in [-0.39, 0.29) is 5.91 Å². The molecule has 7 heteroatoms. The van der Waals surface area contributed by atoms with E-state index in [0.717, 1.165) is 15.7 Å². The summed E-state index contributed by atoms with van der Waals surface area (Å²) in [5.41, 5.74) is 4.23. The predicted octanol–water partition coefficient (Wildman–Crippen LogP) is 5.43. The van der Waals surface area contributed by atoms with Gasteiger partial charge in [-0.25, -0.2) is 0 Å². The molecule has 0 aliphatic rings. The van der Waals surface area contributed by atoms with E-state index in [1.54, 1.807) is 19.1 Å². The van der Waals surface area contributed by atoms with Gasteiger partial charge >= 0.3 is 0 Å². The number of benzene rings is 2. The molecule has 0 atom stereocenters. The van der Waals surface area contributed by atoms with Gasteiger partial charge < -0.3 is 9.84 Å². The van der Waals surface area contributed by atoms with Gasteiger partial charge in [-0.15, -0.1) is 0 Å². The fourth-order valence-electron chi connectivity index (χ4n) is 3.00. The fourth-order valence-corrected chi connectivity index (χ4v) is 3.39. The monoisotopic (exact) mass is 448 g/mol. The summed E-state index contributed by atoms with van der Waals surface area (Å²) < 4.78 is 6.04. The van der Waals surface area contributed by atoms with Crippen LogP contribution in [0.3, 0.4) is 0 Å². The standard InChI is InChI=1S/C22H17BrN4O2/c1-13-17(10-11-19(24-13)15-6-5-7-16(23)12-15)22(28)26-20-9-4-3-8-18(20)21-25-14(2)29-27-21/h3-12H,1-2H3,(H,26,28). The Bertz CT molecular complexity index is 1200. The fraction of sp³-hybridized carbons (Fsp3) is 0.0909. The van der Waals surface area contributed by atoms with Crippen molar-refractivity contribution < 1.29 is 9.32 Å². The van der Waals surface area contributed by atoms with Gasteiger partial charge in [0.25, 0.3) is 5.91 Å². The molecular formula is C22H17BrN4O2. The topological polar surface area (TPSA) is 80.9 Å². The van der Waals surface area contributed by atoms with Crippen molar-refractivity contribution in [2.75, 3.05) is 5.32 Å². The highest BCUT2D eigenvalue weighted by molar-refractivity contribution is 9.10. The Balaban J connectivity index is 1.61. The Labute approximate surface area is 176 Å². The summed E-state index contributed by atoms with van der Waals surface area (Å²) in [6.07, 6.45) is 0. The first-order valence-electron chi connectivity index (χ1n) is 8.96. The number of nitrogens with zero attached hydrogens (tertiary/aromatic N) is 3. The number of rotatable bonds is 4. The van der Waals surface area contributed by atoms with Crippen molar-refractivity contribution in [1.29, 1.82) is 0 Å². The van der Waals surface area contributed by atoms with Gasteiger partial charge in [0.2, 0.25) is 11.7 Å². The number of aromatic nitrogens is 3. The maximum atomic E-state index is 12.9. The zero-order valence-electron chi connectivity index (χ0n) is 15.8. The van der Waals surface area contributed by atoms with E-state index in [4.69, 9.17) is 4.52 Å². The summed E-state index contributed by atoms with van der Waals surface area (Å²) in [6, 6.07) is 18.9. The van der Waals surface area contributed by atoms with Crippen molar-refractivity contribution in [2.24, 2.45) is 0 Å². The van der Waals surface area contributed by atoms with Gasteiger partial charge in [0.1, 0.15) is 0 Å². The van der Waals surface area contributed by atoms with E-state index in [0.29, 0.717) is 34.2 Å². The molecule has 0 saturated carbocycles. The lowest BCUT2D eigenvalue weighted by atomic mass is 10.1. The van der Waals surface area contributed by atoms with Crippen LogP contribution in [-0.4, -0.2) is 21.0 Å². The van der Waals surface area contributed by atoms with Crippen molar-refractivity contribution in [2.45, 2.75) is 13.8 Å². The number of hydrogen-bond donors (Lipinski definition) is 1. The van der Waals surface area contributed by atoms with Gasteiger partial charge in [-0.3, -0.25) is 9.78 Å². The molecule has 0 aliphatic carbocycles. The summed E-state index contributed by atoms with van der Waals surface area (Å²) in [5, 5.41) is 6.88. The van der Waals surface area contributed by atoms with E-state index in [1.807, 2.05) is 55.5 Å². The summed E-state index contributed by atoms with van der Waals surface area (Å²) in [4.78, 5) is 21.8. The molecule has 0 radical (unpaired) electrons. The second-order valence-corrected chi connectivity index (χ2v) is 7.39. The zero-order chi connectivity index (χ0) is 20.4. The van der Waals surface area contributed by atoms with Gasteiger partial charge in [-0.05, 0) is 43.3 Å². The van der Waals surface area contributed by atoms with Gasteiger partial charge in [0, 0.05) is 22.5 Å². The lowest BCUT2D eigenvalue weighted by Gasteiger charge is -2.11. The van der Waals surface area contributed by atoms with Crippen molar-refractivity contribution in [3.8, 4) is 22.6 Å². The van der Waals surface area contributed by atoms with Crippen LogP contribution in [0, 0.1) is 13.8 Å². The molecule has 2 aromatic carbocycles. The molecule has 29 heavy (non-hydrogen) atoms. The zero-order valence-corrected chi connectivity index (χ0v) is 17.4. The first-order chi connectivity index (χ1) is 14.0. The van der Waals surface area contributed by atoms with Crippen LogP contribution in [0.1, 0.15) is 21.9 Å². The molecule has 2 aromatic heterocycles. The van der Waals surface area contributed by atoms with Crippen molar-refractivity contribution in [1.82, 2.24) is 15.1 Å². The number of pyridine rings is 1. The maximum Gasteiger partial charge on any atom is 0.257 e. The molecule has 4 rings (SSSR count). The van der Waals surface area contributed by atoms with Crippen molar-refractivity contribution in [3.63, 3.8) is 0 Å². The molecule has 6 nitrogen and oxygen atoms in total. The first-order valence-corrected chi connectivity index (χ1v) is 9.75. The second kappa shape index (κ2) is 7.97. The van der Waals surface area contributed by atoms with E-state index < -0.39 is 0 Å². The molecular weight excluding hydrogens is 432 g/mol. The Hall–Kier alpha value is -3.32. The number of amides is 1. The van der Waals surface area contributed by atoms with E-state index in [2.05, 4.69) is 36.4 Å². The number of para-hydroxylation sites is 1. The average Bonchev–Trinajstić information content (AvgIpc) is 3.14. The molecule has 0 fully saturated rings.